The molecule has 0 atom stereocenters. The third kappa shape index (κ3) is 1.94. The highest BCUT2D eigenvalue weighted by molar-refractivity contribution is 5.79. The summed E-state index contributed by atoms with van der Waals surface area (Å²) in [5.74, 6) is 1.86. The van der Waals surface area contributed by atoms with Crippen molar-refractivity contribution in [2.45, 2.75) is 32.3 Å². The lowest BCUT2D eigenvalue weighted by atomic mass is 9.92. The predicted molar refractivity (Wildman–Crippen MR) is 83.5 cm³/mol. The summed E-state index contributed by atoms with van der Waals surface area (Å²) >= 11 is 0. The van der Waals surface area contributed by atoms with Gasteiger partial charge in [-0.1, -0.05) is 12.1 Å². The molecule has 1 aliphatic rings. The molecule has 0 saturated heterocycles. The third-order valence-electron chi connectivity index (χ3n) is 4.24. The first-order chi connectivity index (χ1) is 10.0. The minimum absolute atomic E-state index is 0.116. The molecule has 3 aromatic rings. The molecule has 0 amide bonds. The van der Waals surface area contributed by atoms with E-state index in [2.05, 4.69) is 37.0 Å². The number of hydrogen-bond donors (Lipinski definition) is 1. The number of nitrogens with one attached hydrogen (secondary N) is 1. The van der Waals surface area contributed by atoms with Gasteiger partial charge in [0.25, 0.3) is 0 Å². The van der Waals surface area contributed by atoms with E-state index in [9.17, 15) is 0 Å². The number of nitrogens with zero attached hydrogens (tertiary/aromatic N) is 2. The Labute approximate surface area is 123 Å². The van der Waals surface area contributed by atoms with Crippen LogP contribution in [-0.4, -0.2) is 20.1 Å². The minimum atomic E-state index is -0.116. The molecule has 0 aliphatic carbocycles. The maximum atomic E-state index is 6.24. The molecule has 4 nitrogen and oxygen atoms in total. The number of benzene rings is 1. The quantitative estimate of drug-likeness (QED) is 0.739. The van der Waals surface area contributed by atoms with Crippen molar-refractivity contribution >= 4 is 11.2 Å². The van der Waals surface area contributed by atoms with Crippen molar-refractivity contribution in [3.63, 3.8) is 0 Å². The fourth-order valence-electron chi connectivity index (χ4n) is 3.00. The van der Waals surface area contributed by atoms with Gasteiger partial charge in [-0.15, -0.1) is 0 Å². The predicted octanol–water partition coefficient (Wildman–Crippen LogP) is 3.67. The summed E-state index contributed by atoms with van der Waals surface area (Å²) in [6.07, 6.45) is 4.11. The monoisotopic (exact) mass is 281 g/mol. The maximum absolute atomic E-state index is 6.24. The Morgan fingerprint density at radius 2 is 2.14 bits per heavy atom. The molecule has 0 bridgehead atoms. The lowest BCUT2D eigenvalue weighted by Crippen LogP contribution is -2.32. The number of para-hydroxylation sites is 1. The van der Waals surface area contributed by atoms with Crippen LogP contribution in [-0.2, 0) is 13.5 Å². The van der Waals surface area contributed by atoms with Crippen LogP contribution in [0.3, 0.4) is 0 Å². The van der Waals surface area contributed by atoms with E-state index >= 15 is 0 Å². The second-order valence-electron chi connectivity index (χ2n) is 6.40. The van der Waals surface area contributed by atoms with Crippen LogP contribution >= 0.6 is 0 Å². The molecule has 2 aromatic heterocycles. The fraction of sp³-hybridized carbons (Fsp3) is 0.353. The van der Waals surface area contributed by atoms with Gasteiger partial charge in [0.1, 0.15) is 17.2 Å². The van der Waals surface area contributed by atoms with Gasteiger partial charge in [-0.2, -0.15) is 0 Å². The number of aromatic amines is 1. The zero-order valence-corrected chi connectivity index (χ0v) is 12.6. The Bertz CT molecular complexity index is 826. The Hall–Kier alpha value is -2.23. The number of hydrogen-bond acceptors (Lipinski definition) is 2. The Morgan fingerprint density at radius 3 is 2.95 bits per heavy atom. The molecule has 1 N–H and O–H groups in total. The van der Waals surface area contributed by atoms with Crippen LogP contribution in [0.1, 0.15) is 25.8 Å². The Balaban J connectivity index is 1.89. The molecular formula is C17H19N3O. The van der Waals surface area contributed by atoms with Crippen molar-refractivity contribution in [3.05, 3.63) is 36.0 Å². The number of rotatable bonds is 1. The van der Waals surface area contributed by atoms with Gasteiger partial charge in [0, 0.05) is 13.2 Å². The van der Waals surface area contributed by atoms with Gasteiger partial charge >= 0.3 is 0 Å². The zero-order chi connectivity index (χ0) is 14.6. The fourth-order valence-corrected chi connectivity index (χ4v) is 3.00. The first-order valence-electron chi connectivity index (χ1n) is 7.36. The molecule has 0 fully saturated rings. The van der Waals surface area contributed by atoms with E-state index in [0.29, 0.717) is 0 Å². The highest BCUT2D eigenvalue weighted by Crippen LogP contribution is 2.40. The van der Waals surface area contributed by atoms with Crippen LogP contribution in [0.5, 0.6) is 5.75 Å². The van der Waals surface area contributed by atoms with Crippen LogP contribution < -0.4 is 4.74 Å². The number of imidazole rings is 1. The van der Waals surface area contributed by atoms with Crippen LogP contribution in [0.25, 0.3) is 22.6 Å². The zero-order valence-electron chi connectivity index (χ0n) is 12.6. The van der Waals surface area contributed by atoms with Crippen LogP contribution in [0.2, 0.25) is 0 Å². The van der Waals surface area contributed by atoms with Crippen molar-refractivity contribution in [1.82, 2.24) is 14.5 Å². The number of fused-ring (bicyclic) bond motifs is 2. The van der Waals surface area contributed by atoms with Gasteiger partial charge in [0.15, 0.2) is 5.65 Å². The minimum Gasteiger partial charge on any atom is -0.487 e. The second-order valence-corrected chi connectivity index (χ2v) is 6.40. The van der Waals surface area contributed by atoms with E-state index in [4.69, 9.17) is 9.72 Å². The van der Waals surface area contributed by atoms with Crippen molar-refractivity contribution in [2.24, 2.45) is 7.05 Å². The van der Waals surface area contributed by atoms with Gasteiger partial charge in [-0.25, -0.2) is 4.98 Å². The molecule has 3 heterocycles. The van der Waals surface area contributed by atoms with Crippen molar-refractivity contribution in [3.8, 4) is 17.1 Å². The first-order valence-corrected chi connectivity index (χ1v) is 7.36. The van der Waals surface area contributed by atoms with E-state index < -0.39 is 0 Å². The topological polar surface area (TPSA) is 42.8 Å². The number of aryl methyl sites for hydroxylation is 2. The van der Waals surface area contributed by atoms with E-state index in [0.717, 1.165) is 41.1 Å². The van der Waals surface area contributed by atoms with Crippen LogP contribution in [0.4, 0.5) is 0 Å². The van der Waals surface area contributed by atoms with E-state index in [1.165, 1.54) is 5.56 Å². The van der Waals surface area contributed by atoms with Gasteiger partial charge in [0.05, 0.1) is 11.1 Å². The van der Waals surface area contributed by atoms with Crippen molar-refractivity contribution < 1.29 is 4.74 Å². The first kappa shape index (κ1) is 12.5. The molecule has 21 heavy (non-hydrogen) atoms. The molecular weight excluding hydrogens is 262 g/mol. The van der Waals surface area contributed by atoms with Gasteiger partial charge < -0.3 is 14.3 Å². The van der Waals surface area contributed by atoms with E-state index in [-0.39, 0.29) is 5.60 Å². The average molecular weight is 281 g/mol. The lowest BCUT2D eigenvalue weighted by Gasteiger charge is -2.33. The summed E-state index contributed by atoms with van der Waals surface area (Å²) in [5, 5.41) is 0. The maximum Gasteiger partial charge on any atom is 0.158 e. The van der Waals surface area contributed by atoms with E-state index in [1.54, 1.807) is 0 Å². The van der Waals surface area contributed by atoms with Gasteiger partial charge in [0.2, 0.25) is 0 Å². The largest absolute Gasteiger partial charge is 0.487 e. The molecule has 0 saturated carbocycles. The molecule has 108 valence electrons. The Kier molecular flexibility index (Phi) is 2.46. The van der Waals surface area contributed by atoms with Gasteiger partial charge in [-0.3, -0.25) is 0 Å². The molecule has 0 unspecified atom stereocenters. The smallest absolute Gasteiger partial charge is 0.158 e. The number of ether oxygens (including phenoxy) is 1. The van der Waals surface area contributed by atoms with Crippen LogP contribution in [0.15, 0.2) is 30.5 Å². The van der Waals surface area contributed by atoms with Crippen LogP contribution in [0, 0.1) is 0 Å². The standard InChI is InChI=1S/C17H19N3O/c1-17(2)9-7-11-5-4-6-12(14(11)21-17)15-18-13-8-10-20(3)16(13)19-15/h4-6,8,10H,7,9H2,1-3H3,(H,18,19). The van der Waals surface area contributed by atoms with E-state index in [1.807, 2.05) is 23.9 Å². The van der Waals surface area contributed by atoms with Gasteiger partial charge in [-0.05, 0) is 44.4 Å². The molecule has 4 rings (SSSR count). The molecule has 0 radical (unpaired) electrons. The normalized spacial score (nSPS) is 16.7. The summed E-state index contributed by atoms with van der Waals surface area (Å²) < 4.78 is 8.26. The number of H-pyrrole nitrogens is 1. The highest BCUT2D eigenvalue weighted by atomic mass is 16.5. The van der Waals surface area contributed by atoms with Crippen molar-refractivity contribution in [2.75, 3.05) is 0 Å². The third-order valence-corrected chi connectivity index (χ3v) is 4.24. The summed E-state index contributed by atoms with van der Waals surface area (Å²) in [6.45, 7) is 4.29. The molecule has 1 aliphatic heterocycles. The summed E-state index contributed by atoms with van der Waals surface area (Å²) in [7, 11) is 2.01. The highest BCUT2D eigenvalue weighted by Gasteiger charge is 2.29. The molecule has 1 aromatic carbocycles. The molecule has 0 spiro atoms. The average Bonchev–Trinajstić information content (AvgIpc) is 3.00. The van der Waals surface area contributed by atoms with Crippen molar-refractivity contribution in [1.29, 1.82) is 0 Å². The SMILES string of the molecule is Cn1ccc2[nH]c(-c3cccc4c3OC(C)(C)CC4)nc21. The summed E-state index contributed by atoms with van der Waals surface area (Å²) in [6, 6.07) is 8.36. The number of aromatic nitrogens is 3. The molecule has 4 heteroatoms. The Morgan fingerprint density at radius 1 is 1.29 bits per heavy atom. The summed E-state index contributed by atoms with van der Waals surface area (Å²) in [4.78, 5) is 8.12. The lowest BCUT2D eigenvalue weighted by molar-refractivity contribution is 0.0854. The second kappa shape index (κ2) is 4.13. The summed E-state index contributed by atoms with van der Waals surface area (Å²) in [5.41, 5.74) is 4.23.